The molecule has 0 saturated heterocycles. The molecule has 0 fully saturated rings. The number of fused-ring (bicyclic) bond motifs is 9. The standard InChI is InChI=1S/C50H29N5/c51-30-34-24-23-33(28-48(34)55-46-21-8-4-17-42(46)50-35(31-52)12-10-22-47(50)55)32-11-9-13-36(27-32)54-45-20-7-3-16-40(45)41-26-25-37(29-49(41)54)53-43-18-5-1-14-38(43)39-15-2-6-19-44(39)53/h1-29H. The van der Waals surface area contributed by atoms with Crippen LogP contribution in [0.4, 0.5) is 0 Å². The molecule has 5 nitrogen and oxygen atoms in total. The monoisotopic (exact) mass is 699 g/mol. The lowest BCUT2D eigenvalue weighted by Gasteiger charge is -2.14. The van der Waals surface area contributed by atoms with Crippen molar-refractivity contribution < 1.29 is 0 Å². The lowest BCUT2D eigenvalue weighted by atomic mass is 10.0. The summed E-state index contributed by atoms with van der Waals surface area (Å²) in [5.74, 6) is 0. The van der Waals surface area contributed by atoms with Gasteiger partial charge in [0.15, 0.2) is 0 Å². The molecule has 3 heterocycles. The lowest BCUT2D eigenvalue weighted by molar-refractivity contribution is 1.15. The van der Waals surface area contributed by atoms with E-state index in [9.17, 15) is 10.5 Å². The van der Waals surface area contributed by atoms with Crippen LogP contribution in [-0.4, -0.2) is 13.7 Å². The average Bonchev–Trinajstić information content (AvgIpc) is 3.89. The SMILES string of the molecule is N#Cc1ccc(-c2cccc(-n3c4ccccc4c4ccc(-n5c6ccccc6c6ccccc65)cc43)c2)cc1-n1c2ccccc2c2c(C#N)cccc21. The van der Waals surface area contributed by atoms with Crippen LogP contribution in [0.5, 0.6) is 0 Å². The Kier molecular flexibility index (Phi) is 6.61. The Bertz CT molecular complexity index is 3420. The molecule has 5 heteroatoms. The minimum atomic E-state index is 0.560. The molecular weight excluding hydrogens is 671 g/mol. The van der Waals surface area contributed by atoms with Gasteiger partial charge in [-0.15, -0.1) is 0 Å². The Morgan fingerprint density at radius 1 is 0.327 bits per heavy atom. The molecule has 0 saturated carbocycles. The molecule has 0 amide bonds. The molecule has 0 aliphatic heterocycles. The van der Waals surface area contributed by atoms with Crippen molar-refractivity contribution in [1.82, 2.24) is 13.7 Å². The predicted molar refractivity (Wildman–Crippen MR) is 224 cm³/mol. The molecular formula is C50H29N5. The van der Waals surface area contributed by atoms with Crippen molar-refractivity contribution >= 4 is 65.4 Å². The van der Waals surface area contributed by atoms with Crippen molar-refractivity contribution in [2.45, 2.75) is 0 Å². The third-order valence-electron chi connectivity index (χ3n) is 11.1. The maximum atomic E-state index is 10.4. The van der Waals surface area contributed by atoms with Gasteiger partial charge in [-0.25, -0.2) is 0 Å². The topological polar surface area (TPSA) is 62.4 Å². The second-order valence-electron chi connectivity index (χ2n) is 14.0. The molecule has 0 spiro atoms. The minimum Gasteiger partial charge on any atom is -0.309 e. The molecule has 0 radical (unpaired) electrons. The average molecular weight is 700 g/mol. The van der Waals surface area contributed by atoms with E-state index in [1.807, 2.05) is 48.5 Å². The zero-order valence-corrected chi connectivity index (χ0v) is 29.5. The highest BCUT2D eigenvalue weighted by atomic mass is 15.0. The second kappa shape index (κ2) is 11.8. The van der Waals surface area contributed by atoms with Gasteiger partial charge in [0.2, 0.25) is 0 Å². The number of rotatable bonds is 4. The largest absolute Gasteiger partial charge is 0.309 e. The van der Waals surface area contributed by atoms with Crippen molar-refractivity contribution in [2.75, 3.05) is 0 Å². The molecule has 11 rings (SSSR count). The van der Waals surface area contributed by atoms with Gasteiger partial charge in [-0.2, -0.15) is 10.5 Å². The number of hydrogen-bond donors (Lipinski definition) is 0. The van der Waals surface area contributed by atoms with E-state index in [0.717, 1.165) is 61.0 Å². The normalized spacial score (nSPS) is 11.6. The van der Waals surface area contributed by atoms with E-state index in [-0.39, 0.29) is 0 Å². The fourth-order valence-corrected chi connectivity index (χ4v) is 8.76. The van der Waals surface area contributed by atoms with Gasteiger partial charge in [-0.1, -0.05) is 103 Å². The molecule has 55 heavy (non-hydrogen) atoms. The van der Waals surface area contributed by atoms with Gasteiger partial charge in [0.25, 0.3) is 0 Å². The van der Waals surface area contributed by atoms with Crippen LogP contribution in [0.2, 0.25) is 0 Å². The van der Waals surface area contributed by atoms with Gasteiger partial charge >= 0.3 is 0 Å². The summed E-state index contributed by atoms with van der Waals surface area (Å²) in [4.78, 5) is 0. The number of nitriles is 2. The molecule has 0 atom stereocenters. The fourth-order valence-electron chi connectivity index (χ4n) is 8.76. The van der Waals surface area contributed by atoms with Crippen molar-refractivity contribution in [3.05, 3.63) is 187 Å². The molecule has 254 valence electrons. The van der Waals surface area contributed by atoms with E-state index in [1.165, 1.54) is 32.6 Å². The van der Waals surface area contributed by atoms with Gasteiger partial charge in [0, 0.05) is 43.7 Å². The van der Waals surface area contributed by atoms with Crippen LogP contribution in [-0.2, 0) is 0 Å². The first-order chi connectivity index (χ1) is 27.2. The number of para-hydroxylation sites is 4. The predicted octanol–water partition coefficient (Wildman–Crippen LogP) is 12.4. The Hall–Kier alpha value is -7.86. The van der Waals surface area contributed by atoms with Crippen LogP contribution < -0.4 is 0 Å². The van der Waals surface area contributed by atoms with Crippen molar-refractivity contribution in [3.8, 4) is 40.3 Å². The Morgan fingerprint density at radius 2 is 0.836 bits per heavy atom. The van der Waals surface area contributed by atoms with E-state index in [4.69, 9.17) is 0 Å². The molecule has 3 aromatic heterocycles. The summed E-state index contributed by atoms with van der Waals surface area (Å²) in [6.07, 6.45) is 0. The summed E-state index contributed by atoms with van der Waals surface area (Å²) in [5.41, 5.74) is 12.6. The van der Waals surface area contributed by atoms with Crippen molar-refractivity contribution in [1.29, 1.82) is 10.5 Å². The van der Waals surface area contributed by atoms with E-state index < -0.39 is 0 Å². The van der Waals surface area contributed by atoms with E-state index in [0.29, 0.717) is 11.1 Å². The molecule has 0 N–H and O–H groups in total. The van der Waals surface area contributed by atoms with Gasteiger partial charge in [-0.05, 0) is 83.9 Å². The number of hydrogen-bond acceptors (Lipinski definition) is 2. The van der Waals surface area contributed by atoms with Crippen LogP contribution in [0.1, 0.15) is 11.1 Å². The van der Waals surface area contributed by atoms with E-state index in [2.05, 4.69) is 153 Å². The highest BCUT2D eigenvalue weighted by molar-refractivity contribution is 6.13. The maximum absolute atomic E-state index is 10.4. The third-order valence-corrected chi connectivity index (χ3v) is 11.1. The van der Waals surface area contributed by atoms with Gasteiger partial charge in [0.05, 0.1) is 56.0 Å². The molecule has 0 aliphatic rings. The minimum absolute atomic E-state index is 0.560. The van der Waals surface area contributed by atoms with Crippen molar-refractivity contribution in [3.63, 3.8) is 0 Å². The van der Waals surface area contributed by atoms with E-state index in [1.54, 1.807) is 0 Å². The van der Waals surface area contributed by atoms with Crippen molar-refractivity contribution in [2.24, 2.45) is 0 Å². The smallest absolute Gasteiger partial charge is 0.101 e. The first-order valence-corrected chi connectivity index (χ1v) is 18.3. The second-order valence-corrected chi connectivity index (χ2v) is 14.0. The number of aromatic nitrogens is 3. The maximum Gasteiger partial charge on any atom is 0.101 e. The zero-order chi connectivity index (χ0) is 36.6. The van der Waals surface area contributed by atoms with Crippen LogP contribution in [0, 0.1) is 22.7 Å². The highest BCUT2D eigenvalue weighted by Gasteiger charge is 2.19. The summed E-state index contributed by atoms with van der Waals surface area (Å²) in [5, 5.41) is 27.2. The quantitative estimate of drug-likeness (QED) is 0.184. The molecule has 0 aliphatic carbocycles. The summed E-state index contributed by atoms with van der Waals surface area (Å²) >= 11 is 0. The number of benzene rings is 8. The summed E-state index contributed by atoms with van der Waals surface area (Å²) in [6.45, 7) is 0. The summed E-state index contributed by atoms with van der Waals surface area (Å²) in [6, 6.07) is 66.1. The zero-order valence-electron chi connectivity index (χ0n) is 29.5. The van der Waals surface area contributed by atoms with Crippen LogP contribution in [0.15, 0.2) is 176 Å². The van der Waals surface area contributed by atoms with E-state index >= 15 is 0 Å². The van der Waals surface area contributed by atoms with Crippen LogP contribution in [0.3, 0.4) is 0 Å². The van der Waals surface area contributed by atoms with Crippen LogP contribution in [0.25, 0.3) is 93.6 Å². The van der Waals surface area contributed by atoms with Crippen LogP contribution >= 0.6 is 0 Å². The van der Waals surface area contributed by atoms with Gasteiger partial charge in [-0.3, -0.25) is 0 Å². The van der Waals surface area contributed by atoms with Gasteiger partial charge < -0.3 is 13.7 Å². The highest BCUT2D eigenvalue weighted by Crippen LogP contribution is 2.39. The first-order valence-electron chi connectivity index (χ1n) is 18.3. The lowest BCUT2D eigenvalue weighted by Crippen LogP contribution is -1.99. The number of nitrogens with zero attached hydrogens (tertiary/aromatic N) is 5. The molecule has 0 unspecified atom stereocenters. The summed E-state index contributed by atoms with van der Waals surface area (Å²) in [7, 11) is 0. The first kappa shape index (κ1) is 30.7. The molecule has 11 aromatic rings. The third kappa shape index (κ3) is 4.45. The van der Waals surface area contributed by atoms with Gasteiger partial charge in [0.1, 0.15) is 6.07 Å². The fraction of sp³-hybridized carbons (Fsp3) is 0. The molecule has 8 aromatic carbocycles. The molecule has 0 bridgehead atoms. The summed E-state index contributed by atoms with van der Waals surface area (Å²) < 4.78 is 6.86. The Morgan fingerprint density at radius 3 is 1.49 bits per heavy atom. The Balaban J connectivity index is 1.12. The Labute approximate surface area is 316 Å².